The van der Waals surface area contributed by atoms with Crippen molar-refractivity contribution >= 4 is 11.6 Å². The highest BCUT2D eigenvalue weighted by Crippen LogP contribution is 2.19. The largest absolute Gasteiger partial charge is 0.473 e. The molecule has 0 fully saturated rings. The number of nitrogens with zero attached hydrogens (tertiary/aromatic N) is 1. The van der Waals surface area contributed by atoms with E-state index in [4.69, 9.17) is 4.74 Å². The molecule has 5 heteroatoms. The van der Waals surface area contributed by atoms with Crippen molar-refractivity contribution in [3.05, 3.63) is 65.7 Å². The van der Waals surface area contributed by atoms with Crippen molar-refractivity contribution in [2.24, 2.45) is 4.99 Å². The number of rotatable bonds is 3. The molecule has 0 amide bonds. The molecule has 3 nitrogen and oxygen atoms in total. The number of hydrogen-bond donors (Lipinski definition) is 1. The van der Waals surface area contributed by atoms with Crippen molar-refractivity contribution in [1.82, 2.24) is 0 Å². The van der Waals surface area contributed by atoms with Crippen LogP contribution in [0.15, 0.2) is 53.5 Å². The van der Waals surface area contributed by atoms with Crippen LogP contribution in [0, 0.1) is 11.6 Å². The van der Waals surface area contributed by atoms with Crippen LogP contribution in [-0.2, 0) is 4.74 Å². The zero-order chi connectivity index (χ0) is 13.9. The van der Waals surface area contributed by atoms with Gasteiger partial charge in [-0.2, -0.15) is 0 Å². The minimum absolute atomic E-state index is 0.00553. The summed E-state index contributed by atoms with van der Waals surface area (Å²) in [4.78, 5) is 4.18. The normalized spacial score (nSPS) is 17.5. The van der Waals surface area contributed by atoms with Crippen LogP contribution in [0.4, 0.5) is 14.5 Å². The maximum atomic E-state index is 13.6. The molecule has 1 atom stereocenters. The Kier molecular flexibility index (Phi) is 3.33. The van der Waals surface area contributed by atoms with E-state index < -0.39 is 11.6 Å². The SMILES string of the molecule is Fc1cccc(F)c1C1=NC(Nc2ccccc2)CO1. The number of para-hydroxylation sites is 1. The van der Waals surface area contributed by atoms with Gasteiger partial charge in [-0.15, -0.1) is 0 Å². The summed E-state index contributed by atoms with van der Waals surface area (Å²) in [5, 5.41) is 3.12. The average molecular weight is 274 g/mol. The van der Waals surface area contributed by atoms with Gasteiger partial charge in [0.25, 0.3) is 0 Å². The molecular weight excluding hydrogens is 262 g/mol. The van der Waals surface area contributed by atoms with Crippen LogP contribution >= 0.6 is 0 Å². The predicted octanol–water partition coefficient (Wildman–Crippen LogP) is 3.18. The lowest BCUT2D eigenvalue weighted by atomic mass is 10.2. The van der Waals surface area contributed by atoms with Crippen LogP contribution in [0.25, 0.3) is 0 Å². The van der Waals surface area contributed by atoms with Gasteiger partial charge in [-0.05, 0) is 24.3 Å². The Hall–Kier alpha value is -2.43. The summed E-state index contributed by atoms with van der Waals surface area (Å²) in [6, 6.07) is 13.1. The average Bonchev–Trinajstić information content (AvgIpc) is 2.88. The first kappa shape index (κ1) is 12.6. The van der Waals surface area contributed by atoms with Crippen LogP contribution in [0.5, 0.6) is 0 Å². The summed E-state index contributed by atoms with van der Waals surface area (Å²) in [7, 11) is 0. The third-order valence-corrected chi connectivity index (χ3v) is 2.93. The van der Waals surface area contributed by atoms with Crippen molar-refractivity contribution in [1.29, 1.82) is 0 Å². The van der Waals surface area contributed by atoms with Crippen LogP contribution in [-0.4, -0.2) is 18.7 Å². The zero-order valence-electron chi connectivity index (χ0n) is 10.5. The molecule has 1 aliphatic rings. The van der Waals surface area contributed by atoms with Crippen molar-refractivity contribution < 1.29 is 13.5 Å². The number of benzene rings is 2. The topological polar surface area (TPSA) is 33.6 Å². The fourth-order valence-electron chi connectivity index (χ4n) is 2.01. The van der Waals surface area contributed by atoms with E-state index in [0.717, 1.165) is 5.69 Å². The highest BCUT2D eigenvalue weighted by atomic mass is 19.1. The first-order chi connectivity index (χ1) is 9.74. The molecule has 0 bridgehead atoms. The summed E-state index contributed by atoms with van der Waals surface area (Å²) >= 11 is 0. The molecule has 20 heavy (non-hydrogen) atoms. The van der Waals surface area contributed by atoms with E-state index in [0.29, 0.717) is 0 Å². The lowest BCUT2D eigenvalue weighted by molar-refractivity contribution is 0.324. The van der Waals surface area contributed by atoms with Gasteiger partial charge in [-0.3, -0.25) is 0 Å². The fraction of sp³-hybridized carbons (Fsp3) is 0.133. The molecule has 2 aromatic carbocycles. The Labute approximate surface area is 114 Å². The fourth-order valence-corrected chi connectivity index (χ4v) is 2.01. The third-order valence-electron chi connectivity index (χ3n) is 2.93. The molecular formula is C15H12F2N2O. The molecule has 1 N–H and O–H groups in total. The number of anilines is 1. The number of aliphatic imine (C=N–C) groups is 1. The van der Waals surface area contributed by atoms with Crippen molar-refractivity contribution in [3.63, 3.8) is 0 Å². The minimum Gasteiger partial charge on any atom is -0.473 e. The highest BCUT2D eigenvalue weighted by molar-refractivity contribution is 5.95. The lowest BCUT2D eigenvalue weighted by Crippen LogP contribution is -2.17. The summed E-state index contributed by atoms with van der Waals surface area (Å²) < 4.78 is 32.6. The Bertz CT molecular complexity index is 623. The van der Waals surface area contributed by atoms with Gasteiger partial charge in [0, 0.05) is 5.69 Å². The first-order valence-electron chi connectivity index (χ1n) is 6.20. The highest BCUT2D eigenvalue weighted by Gasteiger charge is 2.24. The monoisotopic (exact) mass is 274 g/mol. The number of ether oxygens (including phenoxy) is 1. The maximum Gasteiger partial charge on any atom is 0.224 e. The Balaban J connectivity index is 1.82. The number of hydrogen-bond acceptors (Lipinski definition) is 3. The van der Waals surface area contributed by atoms with Crippen molar-refractivity contribution in [2.45, 2.75) is 6.17 Å². The van der Waals surface area contributed by atoms with Crippen LogP contribution in [0.1, 0.15) is 5.56 Å². The van der Waals surface area contributed by atoms with Gasteiger partial charge < -0.3 is 10.1 Å². The molecule has 3 rings (SSSR count). The van der Waals surface area contributed by atoms with Crippen molar-refractivity contribution in [2.75, 3.05) is 11.9 Å². The van der Waals surface area contributed by atoms with E-state index in [-0.39, 0.29) is 24.2 Å². The Morgan fingerprint density at radius 3 is 2.40 bits per heavy atom. The Morgan fingerprint density at radius 2 is 1.70 bits per heavy atom. The summed E-state index contributed by atoms with van der Waals surface area (Å²) in [6.45, 7) is 0.234. The molecule has 0 saturated heterocycles. The number of nitrogens with one attached hydrogen (secondary N) is 1. The predicted molar refractivity (Wildman–Crippen MR) is 72.7 cm³/mol. The van der Waals surface area contributed by atoms with Gasteiger partial charge in [0.1, 0.15) is 23.8 Å². The molecule has 0 spiro atoms. The van der Waals surface area contributed by atoms with E-state index >= 15 is 0 Å². The second kappa shape index (κ2) is 5.28. The van der Waals surface area contributed by atoms with Gasteiger partial charge in [-0.25, -0.2) is 13.8 Å². The molecule has 102 valence electrons. The first-order valence-corrected chi connectivity index (χ1v) is 6.20. The van der Waals surface area contributed by atoms with Crippen molar-refractivity contribution in [3.8, 4) is 0 Å². The van der Waals surface area contributed by atoms with Gasteiger partial charge in [0.05, 0.1) is 0 Å². The second-order valence-electron chi connectivity index (χ2n) is 4.37. The molecule has 1 aliphatic heterocycles. The molecule has 1 unspecified atom stereocenters. The lowest BCUT2D eigenvalue weighted by Gasteiger charge is -2.08. The van der Waals surface area contributed by atoms with E-state index in [1.54, 1.807) is 0 Å². The van der Waals surface area contributed by atoms with E-state index in [1.165, 1.54) is 18.2 Å². The van der Waals surface area contributed by atoms with E-state index in [9.17, 15) is 8.78 Å². The third kappa shape index (κ3) is 2.47. The standard InChI is InChI=1S/C15H12F2N2O/c16-11-7-4-8-12(17)14(11)15-19-13(9-20-15)18-10-5-2-1-3-6-10/h1-8,13,18H,9H2. The summed E-state index contributed by atoms with van der Waals surface area (Å²) in [5.74, 6) is -1.36. The Morgan fingerprint density at radius 1 is 1.00 bits per heavy atom. The van der Waals surface area contributed by atoms with Crippen LogP contribution < -0.4 is 5.32 Å². The second-order valence-corrected chi connectivity index (χ2v) is 4.37. The molecule has 0 saturated carbocycles. The minimum atomic E-state index is -0.677. The van der Waals surface area contributed by atoms with Crippen LogP contribution in [0.2, 0.25) is 0 Å². The number of halogens is 2. The molecule has 0 aromatic heterocycles. The van der Waals surface area contributed by atoms with Gasteiger partial charge >= 0.3 is 0 Å². The molecule has 2 aromatic rings. The van der Waals surface area contributed by atoms with Gasteiger partial charge in [0.15, 0.2) is 6.17 Å². The smallest absolute Gasteiger partial charge is 0.224 e. The molecule has 0 radical (unpaired) electrons. The molecule has 0 aliphatic carbocycles. The van der Waals surface area contributed by atoms with Gasteiger partial charge in [0.2, 0.25) is 5.90 Å². The van der Waals surface area contributed by atoms with E-state index in [2.05, 4.69) is 10.3 Å². The maximum absolute atomic E-state index is 13.6. The summed E-state index contributed by atoms with van der Waals surface area (Å²) in [6.07, 6.45) is -0.355. The zero-order valence-corrected chi connectivity index (χ0v) is 10.5. The molecule has 1 heterocycles. The van der Waals surface area contributed by atoms with E-state index in [1.807, 2.05) is 30.3 Å². The van der Waals surface area contributed by atoms with Gasteiger partial charge in [-0.1, -0.05) is 24.3 Å². The van der Waals surface area contributed by atoms with Crippen LogP contribution in [0.3, 0.4) is 0 Å². The quantitative estimate of drug-likeness (QED) is 0.932. The summed E-state index contributed by atoms with van der Waals surface area (Å²) in [5.41, 5.74) is 0.657.